The van der Waals surface area contributed by atoms with Crippen molar-refractivity contribution in [3.63, 3.8) is 0 Å². The van der Waals surface area contributed by atoms with Gasteiger partial charge in [-0.1, -0.05) is 68.7 Å². The highest BCUT2D eigenvalue weighted by Gasteiger charge is 2.56. The highest BCUT2D eigenvalue weighted by molar-refractivity contribution is 7.79. The summed E-state index contributed by atoms with van der Waals surface area (Å²) in [7, 11) is 0. The maximum Gasteiger partial charge on any atom is 0.417 e. The number of aromatic nitrogens is 2. The van der Waals surface area contributed by atoms with E-state index in [0.29, 0.717) is 17.5 Å². The van der Waals surface area contributed by atoms with Crippen LogP contribution < -0.4 is 0 Å². The minimum Gasteiger partial charge on any atom is -0.388 e. The van der Waals surface area contributed by atoms with E-state index in [1.54, 1.807) is 6.26 Å². The molecular weight excluding hydrogens is 557 g/mol. The molecule has 1 spiro atoms. The maximum atomic E-state index is 13.2. The topological polar surface area (TPSA) is 55.2 Å². The molecular formula is C34H51F3N2O2S. The summed E-state index contributed by atoms with van der Waals surface area (Å²) in [6.45, 7) is 19.6. The van der Waals surface area contributed by atoms with Gasteiger partial charge < -0.3 is 9.84 Å². The van der Waals surface area contributed by atoms with Crippen LogP contribution in [0.15, 0.2) is 18.3 Å². The molecule has 1 fully saturated rings. The molecule has 2 aromatic heterocycles. The van der Waals surface area contributed by atoms with E-state index in [-0.39, 0.29) is 17.3 Å². The first kappa shape index (κ1) is 34.8. The van der Waals surface area contributed by atoms with Gasteiger partial charge in [-0.05, 0) is 78.7 Å². The molecule has 4 unspecified atom stereocenters. The highest BCUT2D eigenvalue weighted by atomic mass is 32.1. The average Bonchev–Trinajstić information content (AvgIpc) is 3.43. The molecule has 3 aliphatic rings. The van der Waals surface area contributed by atoms with E-state index in [4.69, 9.17) is 9.72 Å². The Bertz CT molecular complexity index is 1220. The average molecular weight is 609 g/mol. The van der Waals surface area contributed by atoms with E-state index in [9.17, 15) is 18.3 Å². The fourth-order valence-corrected chi connectivity index (χ4v) is 6.45. The van der Waals surface area contributed by atoms with Crippen LogP contribution in [0.3, 0.4) is 0 Å². The van der Waals surface area contributed by atoms with Gasteiger partial charge in [0.15, 0.2) is 0 Å². The van der Waals surface area contributed by atoms with Crippen LogP contribution in [0.25, 0.3) is 0 Å². The molecule has 42 heavy (non-hydrogen) atoms. The molecule has 3 heterocycles. The van der Waals surface area contributed by atoms with E-state index in [0.717, 1.165) is 66.0 Å². The highest BCUT2D eigenvalue weighted by Crippen LogP contribution is 2.61. The number of nitrogens with zero attached hydrogens (tertiary/aromatic N) is 2. The normalized spacial score (nSPS) is 26.2. The fourth-order valence-electron chi connectivity index (χ4n) is 6.45. The van der Waals surface area contributed by atoms with Crippen LogP contribution in [-0.4, -0.2) is 21.3 Å². The number of alkyl halides is 3. The second-order valence-corrected chi connectivity index (χ2v) is 14.4. The smallest absolute Gasteiger partial charge is 0.388 e. The lowest BCUT2D eigenvalue weighted by Crippen LogP contribution is -2.34. The van der Waals surface area contributed by atoms with Gasteiger partial charge in [0.05, 0.1) is 23.0 Å². The quantitative estimate of drug-likeness (QED) is 0.333. The number of fused-ring (bicyclic) bond motifs is 4. The summed E-state index contributed by atoms with van der Waals surface area (Å²) in [5.74, 6) is 0.313. The summed E-state index contributed by atoms with van der Waals surface area (Å²) in [5.41, 5.74) is 4.27. The molecule has 2 aromatic rings. The van der Waals surface area contributed by atoms with E-state index in [1.165, 1.54) is 12.5 Å². The van der Waals surface area contributed by atoms with Crippen LogP contribution in [0, 0.1) is 16.7 Å². The van der Waals surface area contributed by atoms with Crippen molar-refractivity contribution in [1.82, 2.24) is 9.97 Å². The predicted octanol–water partition coefficient (Wildman–Crippen LogP) is 9.75. The standard InChI is InChI=1S/C27H33F3N2O2.C6H14.CH4S/c1-14(2)23-21-22(20-18(32-23)11-25(4,5)12-19(20)33)26(10-6-7-15(26)3)34-24(21)17-9-8-16(13-31-17)27(28,29)30;1-5-6(2,3)4;1-2/h8-9,13-15,19,24,33H,6-7,10-12H2,1-5H3;5H2,1-4H3;2H,1H3. The number of hydrogen-bond donors (Lipinski definition) is 2. The van der Waals surface area contributed by atoms with Crippen molar-refractivity contribution in [2.24, 2.45) is 16.7 Å². The van der Waals surface area contributed by atoms with Gasteiger partial charge in [-0.25, -0.2) is 0 Å². The fraction of sp³-hybridized carbons (Fsp3) is 0.706. The van der Waals surface area contributed by atoms with Gasteiger partial charge in [0.2, 0.25) is 0 Å². The van der Waals surface area contributed by atoms with Gasteiger partial charge in [0.1, 0.15) is 6.10 Å². The molecule has 0 radical (unpaired) electrons. The van der Waals surface area contributed by atoms with Gasteiger partial charge in [0, 0.05) is 28.7 Å². The monoisotopic (exact) mass is 608 g/mol. The summed E-state index contributed by atoms with van der Waals surface area (Å²) in [6.07, 6.45) is 2.41. The van der Waals surface area contributed by atoms with Crippen molar-refractivity contribution in [2.75, 3.05) is 6.26 Å². The molecule has 4 atom stereocenters. The molecule has 5 rings (SSSR count). The first-order valence-electron chi connectivity index (χ1n) is 15.3. The molecule has 0 saturated heterocycles. The van der Waals surface area contributed by atoms with Gasteiger partial charge in [-0.3, -0.25) is 9.97 Å². The zero-order valence-corrected chi connectivity index (χ0v) is 28.0. The first-order valence-corrected chi connectivity index (χ1v) is 16.2. The lowest BCUT2D eigenvalue weighted by molar-refractivity contribution is -0.137. The number of aliphatic hydroxyl groups is 1. The Morgan fingerprint density at radius 1 is 1.12 bits per heavy atom. The molecule has 0 aromatic carbocycles. The van der Waals surface area contributed by atoms with Crippen LogP contribution in [0.5, 0.6) is 0 Å². The molecule has 1 saturated carbocycles. The lowest BCUT2D eigenvalue weighted by atomic mass is 9.69. The Morgan fingerprint density at radius 3 is 2.19 bits per heavy atom. The molecule has 2 aliphatic carbocycles. The Morgan fingerprint density at radius 2 is 1.74 bits per heavy atom. The number of hydrogen-bond acceptors (Lipinski definition) is 5. The molecule has 8 heteroatoms. The Labute approximate surface area is 256 Å². The number of pyridine rings is 2. The third-order valence-corrected chi connectivity index (χ3v) is 9.09. The zero-order valence-electron chi connectivity index (χ0n) is 27.1. The van der Waals surface area contributed by atoms with Crippen molar-refractivity contribution < 1.29 is 23.0 Å². The Kier molecular flexibility index (Phi) is 10.6. The largest absolute Gasteiger partial charge is 0.417 e. The van der Waals surface area contributed by atoms with Crippen LogP contribution in [0.2, 0.25) is 0 Å². The third kappa shape index (κ3) is 7.02. The number of ether oxygens (including phenoxy) is 1. The minimum atomic E-state index is -4.44. The van der Waals surface area contributed by atoms with Crippen molar-refractivity contribution >= 4 is 12.6 Å². The van der Waals surface area contributed by atoms with E-state index < -0.39 is 29.5 Å². The summed E-state index contributed by atoms with van der Waals surface area (Å²) >= 11 is 3.53. The first-order chi connectivity index (χ1) is 19.4. The van der Waals surface area contributed by atoms with Gasteiger partial charge in [0.25, 0.3) is 0 Å². The molecule has 0 bridgehead atoms. The summed E-state index contributed by atoms with van der Waals surface area (Å²) < 4.78 is 46.4. The summed E-state index contributed by atoms with van der Waals surface area (Å²) in [6, 6.07) is 2.51. The van der Waals surface area contributed by atoms with Gasteiger partial charge in [-0.15, -0.1) is 0 Å². The van der Waals surface area contributed by atoms with Crippen molar-refractivity contribution in [2.45, 2.75) is 131 Å². The summed E-state index contributed by atoms with van der Waals surface area (Å²) in [5, 5.41) is 11.4. The van der Waals surface area contributed by atoms with Crippen molar-refractivity contribution in [3.8, 4) is 0 Å². The molecule has 4 nitrogen and oxygen atoms in total. The second kappa shape index (κ2) is 12.8. The van der Waals surface area contributed by atoms with E-state index >= 15 is 0 Å². The van der Waals surface area contributed by atoms with Crippen LogP contribution in [-0.2, 0) is 22.9 Å². The van der Waals surface area contributed by atoms with Gasteiger partial charge in [-0.2, -0.15) is 25.8 Å². The Balaban J connectivity index is 0.000000541. The third-order valence-electron chi connectivity index (χ3n) is 9.09. The van der Waals surface area contributed by atoms with Crippen LogP contribution in [0.4, 0.5) is 13.2 Å². The van der Waals surface area contributed by atoms with E-state index in [2.05, 4.69) is 79.9 Å². The number of halogens is 3. The molecule has 1 aliphatic heterocycles. The SMILES string of the molecule is CC(C)c1nc2c(c3c1C(c1ccc(C(F)(F)F)cn1)OC31CCCC1C)C(O)CC(C)(C)C2.CCC(C)(C)C.CS. The number of aliphatic hydroxyl groups excluding tert-OH is 1. The maximum absolute atomic E-state index is 13.2. The van der Waals surface area contributed by atoms with Crippen LogP contribution in [0.1, 0.15) is 152 Å². The summed E-state index contributed by atoms with van der Waals surface area (Å²) in [4.78, 5) is 9.32. The van der Waals surface area contributed by atoms with E-state index in [1.807, 2.05) is 0 Å². The molecule has 236 valence electrons. The lowest BCUT2D eigenvalue weighted by Gasteiger charge is -2.39. The predicted molar refractivity (Wildman–Crippen MR) is 167 cm³/mol. The molecule has 1 N–H and O–H groups in total. The second-order valence-electron chi connectivity index (χ2n) is 14.4. The molecule has 0 amide bonds. The number of thiol groups is 1. The zero-order chi connectivity index (χ0) is 31.8. The van der Waals surface area contributed by atoms with Crippen molar-refractivity contribution in [1.29, 1.82) is 0 Å². The minimum absolute atomic E-state index is 0.0653. The van der Waals surface area contributed by atoms with Crippen LogP contribution >= 0.6 is 12.6 Å². The van der Waals surface area contributed by atoms with Crippen molar-refractivity contribution in [3.05, 3.63) is 57.7 Å². The number of rotatable bonds is 2. The Hall–Kier alpha value is -1.64. The van der Waals surface area contributed by atoms with Gasteiger partial charge >= 0.3 is 6.18 Å².